The number of benzene rings is 4. The van der Waals surface area contributed by atoms with Gasteiger partial charge in [-0.15, -0.1) is 39.1 Å². The molecule has 0 unspecified atom stereocenters. The molecule has 450 valence electrons. The van der Waals surface area contributed by atoms with E-state index >= 15 is 0 Å². The number of nitrogens with zero attached hydrogens (tertiary/aromatic N) is 10. The van der Waals surface area contributed by atoms with Gasteiger partial charge in [0.15, 0.2) is 15.6 Å². The molecule has 0 aliphatic carbocycles. The summed E-state index contributed by atoms with van der Waals surface area (Å²) in [5.74, 6) is 2.81. The number of pyridine rings is 3. The molecule has 4 N–H and O–H groups in total. The van der Waals surface area contributed by atoms with Crippen LogP contribution in [0.2, 0.25) is 14.8 Å². The van der Waals surface area contributed by atoms with Crippen molar-refractivity contribution in [1.82, 2.24) is 40.0 Å². The molecule has 0 spiro atoms. The average Bonchev–Trinajstić information content (AvgIpc) is 1.94. The molecule has 28 heteroatoms. The summed E-state index contributed by atoms with van der Waals surface area (Å²) < 4.78 is 1.97. The standard InChI is InChI=1S/C25H14N4O5S.C14H9N2O3.C11H5BrN2O2S.C9H10N4OS.3CH3.Sn/c30-22-16-5-1-2-6-17(16)23(31)28(22)20-13-35-21(27-20)14-9-10-15(26-11-14)12-34-29-24(32)18-7-3-4-8-19(18)25(29)33;17-13-11-6-1-2-7-12(11)14(18)16(13)19-9-10-5-3-4-8-15-10;12-11-13-8(5-17-11)14-9(15)6-3-1-2-4-7(6)10(14)16;10-8-5-15-9(13-8)6-1-2-7(4-14-11)12-3-6;;;;/h1-11,13H,12H2;1-3,5-8H,9H2;1-5H;1-3,5H,4,10-11H2;3*1H3;. The van der Waals surface area contributed by atoms with E-state index in [0.717, 1.165) is 36.2 Å². The van der Waals surface area contributed by atoms with Crippen LogP contribution in [0.5, 0.6) is 0 Å². The average molecular weight is 1430 g/mol. The number of hydrogen-bond donors (Lipinski definition) is 2. The molecular weight excluding hydrogens is 1380 g/mol. The number of hydroxylamine groups is 4. The van der Waals surface area contributed by atoms with Crippen molar-refractivity contribution in [3.05, 3.63) is 234 Å². The van der Waals surface area contributed by atoms with Crippen LogP contribution < -0.4 is 25.0 Å². The number of rotatable bonds is 13. The Bertz CT molecular complexity index is 4320. The van der Waals surface area contributed by atoms with Crippen molar-refractivity contribution >= 4 is 137 Å². The number of carbonyl (C=O) groups excluding carboxylic acids is 8. The van der Waals surface area contributed by atoms with Gasteiger partial charge in [-0.1, -0.05) is 36.4 Å². The normalized spacial score (nSPS) is 13.8. The fourth-order valence-electron chi connectivity index (χ4n) is 9.20. The van der Waals surface area contributed by atoms with Gasteiger partial charge in [-0.05, 0) is 76.6 Å². The maximum atomic E-state index is 12.7. The molecule has 0 saturated heterocycles. The van der Waals surface area contributed by atoms with Gasteiger partial charge >= 0.3 is 139 Å². The van der Waals surface area contributed by atoms with Gasteiger partial charge in [-0.2, -0.15) is 0 Å². The number of anilines is 3. The molecule has 23 nitrogen and oxygen atoms in total. The molecule has 90 heavy (non-hydrogen) atoms. The Labute approximate surface area is 536 Å². The third kappa shape index (κ3) is 13.1. The molecule has 8 amide bonds. The summed E-state index contributed by atoms with van der Waals surface area (Å²) in [5.41, 5.74) is 12.1. The van der Waals surface area contributed by atoms with E-state index in [1.54, 1.807) is 138 Å². The molecule has 10 heterocycles. The summed E-state index contributed by atoms with van der Waals surface area (Å²) in [6.45, 7) is 0.315. The molecule has 10 aromatic rings. The Morgan fingerprint density at radius 3 is 1.12 bits per heavy atom. The van der Waals surface area contributed by atoms with Crippen molar-refractivity contribution in [3.63, 3.8) is 0 Å². The zero-order valence-corrected chi connectivity index (χ0v) is 54.4. The van der Waals surface area contributed by atoms with E-state index in [2.05, 4.69) is 71.6 Å². The van der Waals surface area contributed by atoms with E-state index in [-0.39, 0.29) is 30.8 Å². The topological polar surface area (TPSA) is 307 Å². The fourth-order valence-corrected chi connectivity index (χ4v) is 14.6. The Morgan fingerprint density at radius 2 is 0.789 bits per heavy atom. The van der Waals surface area contributed by atoms with Crippen molar-refractivity contribution < 1.29 is 52.9 Å². The van der Waals surface area contributed by atoms with Gasteiger partial charge in [0.05, 0.1) is 44.8 Å². The second-order valence-corrected chi connectivity index (χ2v) is 39.0. The summed E-state index contributed by atoms with van der Waals surface area (Å²) >= 11 is 5.20. The fraction of sp³-hybridized carbons (Fsp3) is 0.0968. The summed E-state index contributed by atoms with van der Waals surface area (Å²) in [4.78, 5) is 149. The van der Waals surface area contributed by atoms with Crippen molar-refractivity contribution in [1.29, 1.82) is 0 Å². The number of amides is 8. The third-order valence-electron chi connectivity index (χ3n) is 13.8. The van der Waals surface area contributed by atoms with Crippen LogP contribution in [-0.2, 0) is 34.3 Å². The number of imide groups is 4. The van der Waals surface area contributed by atoms with E-state index in [0.29, 0.717) is 88.6 Å². The second-order valence-electron chi connectivity index (χ2n) is 20.7. The monoisotopic (exact) mass is 1430 g/mol. The maximum absolute atomic E-state index is 12.7. The van der Waals surface area contributed by atoms with Gasteiger partial charge in [-0.25, -0.2) is 30.6 Å². The van der Waals surface area contributed by atoms with Crippen LogP contribution in [0.4, 0.5) is 17.5 Å². The predicted octanol–water partition coefficient (Wildman–Crippen LogP) is 9.97. The zero-order valence-electron chi connectivity index (χ0n) is 47.5. The number of halogens is 1. The molecule has 0 fully saturated rings. The van der Waals surface area contributed by atoms with Crippen LogP contribution in [0.1, 0.15) is 99.9 Å². The molecule has 14 rings (SSSR count). The van der Waals surface area contributed by atoms with E-state index < -0.39 is 53.8 Å². The Balaban J connectivity index is 0.000000131. The number of aromatic nitrogens is 6. The summed E-state index contributed by atoms with van der Waals surface area (Å²) in [7, 11) is 0. The molecule has 6 aromatic heterocycles. The minimum absolute atomic E-state index is 0.0795. The number of carbonyl (C=O) groups is 8. The van der Waals surface area contributed by atoms with Crippen molar-refractivity contribution in [2.45, 2.75) is 34.6 Å². The van der Waals surface area contributed by atoms with Crippen LogP contribution in [0.15, 0.2) is 172 Å². The third-order valence-corrected chi connectivity index (χ3v) is 22.7. The first-order chi connectivity index (χ1) is 43.4. The quantitative estimate of drug-likeness (QED) is 0.0616. The summed E-state index contributed by atoms with van der Waals surface area (Å²) in [6.07, 6.45) is 5.19. The number of nitrogens with two attached hydrogens (primary N) is 2. The van der Waals surface area contributed by atoms with Crippen LogP contribution in [-0.4, -0.2) is 106 Å². The van der Waals surface area contributed by atoms with Gasteiger partial charge in [0, 0.05) is 39.7 Å². The summed E-state index contributed by atoms with van der Waals surface area (Å²) in [6, 6.07) is 37.9. The second kappa shape index (κ2) is 26.8. The van der Waals surface area contributed by atoms with Crippen molar-refractivity contribution in [2.75, 3.05) is 15.5 Å². The van der Waals surface area contributed by atoms with Gasteiger partial charge in [0.2, 0.25) is 0 Å². The zero-order chi connectivity index (χ0) is 63.4. The molecule has 0 bridgehead atoms. The van der Waals surface area contributed by atoms with Gasteiger partial charge in [0.1, 0.15) is 29.0 Å². The van der Waals surface area contributed by atoms with Crippen molar-refractivity contribution in [2.24, 2.45) is 5.90 Å². The molecule has 4 aromatic carbocycles. The van der Waals surface area contributed by atoms with E-state index in [9.17, 15) is 38.4 Å². The van der Waals surface area contributed by atoms with Crippen LogP contribution in [0.25, 0.3) is 21.1 Å². The first kappa shape index (κ1) is 62.3. The minimum atomic E-state index is -2.12. The van der Waals surface area contributed by atoms with Gasteiger partial charge < -0.3 is 5.73 Å². The molecular formula is C62H47BrN12O11S3Sn. The molecule has 0 saturated carbocycles. The SMILES string of the molecule is NOCc1ccc(-c2nc(N)cs2)cn1.O=C1c2ccccc2C(=O)N1OCc1ccc(-c2nc(N3C(=O)c4ccccc4C3=O)cs2)cn1.O=C1c2ccccc2C(=O)N1c1csc(Br)n1.[CH3][Sn]([CH3])([CH3])[c]1ccc(CON2C(=O)c3ccccc3C2=O)nc1. The van der Waals surface area contributed by atoms with Gasteiger partial charge in [0.25, 0.3) is 35.4 Å². The predicted molar refractivity (Wildman–Crippen MR) is 340 cm³/mol. The van der Waals surface area contributed by atoms with Gasteiger partial charge in [-0.3, -0.25) is 48.4 Å². The Hall–Kier alpha value is -9.30. The number of thiazole rings is 3. The first-order valence-corrected chi connectivity index (χ1v) is 40.4. The van der Waals surface area contributed by atoms with Crippen LogP contribution in [0, 0.1) is 0 Å². The number of hydrogen-bond acceptors (Lipinski definition) is 22. The van der Waals surface area contributed by atoms with E-state index in [1.807, 2.05) is 24.4 Å². The first-order valence-electron chi connectivity index (χ1n) is 27.0. The Morgan fingerprint density at radius 1 is 0.433 bits per heavy atom. The van der Waals surface area contributed by atoms with Crippen molar-refractivity contribution in [3.8, 4) is 21.1 Å². The Kier molecular flexibility index (Phi) is 18.6. The molecule has 0 radical (unpaired) electrons. The summed E-state index contributed by atoms with van der Waals surface area (Å²) in [5, 5.41) is 8.13. The van der Waals surface area contributed by atoms with Crippen LogP contribution >= 0.6 is 49.9 Å². The molecule has 4 aliphatic rings. The number of nitrogen functional groups attached to an aromatic ring is 1. The number of fused-ring (bicyclic) bond motifs is 4. The molecule has 0 atom stereocenters. The van der Waals surface area contributed by atoms with Crippen LogP contribution in [0.3, 0.4) is 0 Å². The van der Waals surface area contributed by atoms with E-state index in [1.165, 1.54) is 37.6 Å². The van der Waals surface area contributed by atoms with E-state index in [4.69, 9.17) is 21.3 Å². The molecule has 4 aliphatic heterocycles.